The fraction of sp³-hybridized carbons (Fsp3) is 0.480. The standard InChI is InChI=1S/C25H28F4N6O/c1-5-20(18-7-6-17(26)10-19(18)25(27,28)29)34-12-16(3)35(13-15(34)2)21-11-23(36)32(4)22-14-33(9-8-30)31-24(21)22/h6-7,10-11,14-16,20H,5,9,12-13H2,1-4H3/t15-,16+,20?/m1/s1. The van der Waals surface area contributed by atoms with Gasteiger partial charge in [0.2, 0.25) is 0 Å². The molecule has 36 heavy (non-hydrogen) atoms. The molecule has 1 aliphatic heterocycles. The number of anilines is 1. The molecule has 1 saturated heterocycles. The average Bonchev–Trinajstić information content (AvgIpc) is 3.23. The summed E-state index contributed by atoms with van der Waals surface area (Å²) in [5.74, 6) is -0.919. The minimum atomic E-state index is -4.67. The van der Waals surface area contributed by atoms with Gasteiger partial charge in [0.1, 0.15) is 17.9 Å². The zero-order valence-corrected chi connectivity index (χ0v) is 20.6. The highest BCUT2D eigenvalue weighted by atomic mass is 19.4. The van der Waals surface area contributed by atoms with Crippen LogP contribution in [-0.4, -0.2) is 44.4 Å². The van der Waals surface area contributed by atoms with Crippen molar-refractivity contribution in [1.82, 2.24) is 19.2 Å². The van der Waals surface area contributed by atoms with Gasteiger partial charge in [-0.15, -0.1) is 0 Å². The molecule has 1 aromatic carbocycles. The molecule has 0 spiro atoms. The fourth-order valence-electron chi connectivity index (χ4n) is 5.23. The molecule has 192 valence electrons. The first-order valence-electron chi connectivity index (χ1n) is 11.8. The lowest BCUT2D eigenvalue weighted by Crippen LogP contribution is -2.57. The monoisotopic (exact) mass is 504 g/mol. The third kappa shape index (κ3) is 4.57. The number of nitriles is 1. The lowest BCUT2D eigenvalue weighted by Gasteiger charge is -2.48. The second kappa shape index (κ2) is 9.58. The first-order chi connectivity index (χ1) is 17.0. The first-order valence-corrected chi connectivity index (χ1v) is 11.8. The number of aryl methyl sites for hydroxylation is 1. The molecule has 3 heterocycles. The fourth-order valence-corrected chi connectivity index (χ4v) is 5.23. The maximum atomic E-state index is 13.8. The van der Waals surface area contributed by atoms with Crippen LogP contribution >= 0.6 is 0 Å². The van der Waals surface area contributed by atoms with E-state index in [2.05, 4.69) is 10.00 Å². The molecule has 1 unspecified atom stereocenters. The summed E-state index contributed by atoms with van der Waals surface area (Å²) in [5, 5.41) is 13.6. The second-order valence-electron chi connectivity index (χ2n) is 9.35. The van der Waals surface area contributed by atoms with Crippen LogP contribution in [0, 0.1) is 17.1 Å². The van der Waals surface area contributed by atoms with E-state index in [0.29, 0.717) is 42.3 Å². The van der Waals surface area contributed by atoms with Gasteiger partial charge in [-0.2, -0.15) is 23.5 Å². The summed E-state index contributed by atoms with van der Waals surface area (Å²) in [6.07, 6.45) is -2.59. The van der Waals surface area contributed by atoms with Crippen LogP contribution in [0.2, 0.25) is 0 Å². The predicted octanol–water partition coefficient (Wildman–Crippen LogP) is 4.47. The van der Waals surface area contributed by atoms with Gasteiger partial charge in [0.05, 0.1) is 29.0 Å². The van der Waals surface area contributed by atoms with Crippen molar-refractivity contribution in [2.24, 2.45) is 7.05 Å². The molecule has 7 nitrogen and oxygen atoms in total. The Morgan fingerprint density at radius 1 is 1.19 bits per heavy atom. The number of pyridine rings is 1. The van der Waals surface area contributed by atoms with E-state index in [4.69, 9.17) is 5.26 Å². The van der Waals surface area contributed by atoms with Crippen molar-refractivity contribution in [3.63, 3.8) is 0 Å². The van der Waals surface area contributed by atoms with Crippen molar-refractivity contribution >= 4 is 16.7 Å². The molecule has 4 rings (SSSR count). The summed E-state index contributed by atoms with van der Waals surface area (Å²) < 4.78 is 58.0. The van der Waals surface area contributed by atoms with E-state index in [0.717, 1.165) is 6.07 Å². The van der Waals surface area contributed by atoms with Gasteiger partial charge in [-0.05, 0) is 38.0 Å². The van der Waals surface area contributed by atoms with Crippen molar-refractivity contribution in [1.29, 1.82) is 5.26 Å². The normalized spacial score (nSPS) is 20.0. The Morgan fingerprint density at radius 2 is 1.92 bits per heavy atom. The van der Waals surface area contributed by atoms with Gasteiger partial charge < -0.3 is 9.47 Å². The Morgan fingerprint density at radius 3 is 2.56 bits per heavy atom. The highest BCUT2D eigenvalue weighted by molar-refractivity contribution is 5.88. The molecule has 11 heteroatoms. The van der Waals surface area contributed by atoms with E-state index in [1.807, 2.05) is 31.7 Å². The van der Waals surface area contributed by atoms with E-state index in [1.165, 1.54) is 21.4 Å². The zero-order chi connectivity index (χ0) is 26.4. The number of alkyl halides is 3. The number of hydrogen-bond donors (Lipinski definition) is 0. The third-order valence-electron chi connectivity index (χ3n) is 6.98. The quantitative estimate of drug-likeness (QED) is 0.480. The number of piperazine rings is 1. The van der Waals surface area contributed by atoms with E-state index in [9.17, 15) is 22.4 Å². The Kier molecular flexibility index (Phi) is 6.84. The largest absolute Gasteiger partial charge is 0.416 e. The van der Waals surface area contributed by atoms with Gasteiger partial charge >= 0.3 is 6.18 Å². The molecule has 0 aliphatic carbocycles. The van der Waals surface area contributed by atoms with Gasteiger partial charge in [0.25, 0.3) is 5.56 Å². The summed E-state index contributed by atoms with van der Waals surface area (Å²) in [7, 11) is 1.64. The van der Waals surface area contributed by atoms with Gasteiger partial charge in [-0.1, -0.05) is 13.0 Å². The van der Waals surface area contributed by atoms with Crippen LogP contribution in [0.25, 0.3) is 11.0 Å². The van der Waals surface area contributed by atoms with Crippen LogP contribution in [0.3, 0.4) is 0 Å². The Labute approximate surface area is 206 Å². The molecular weight excluding hydrogens is 476 g/mol. The SMILES string of the molecule is CCC(c1ccc(F)cc1C(F)(F)F)N1C[C@H](C)N(c2cc(=O)n(C)c3cn(CC#N)nc23)C[C@H]1C. The lowest BCUT2D eigenvalue weighted by atomic mass is 9.93. The van der Waals surface area contributed by atoms with E-state index < -0.39 is 23.6 Å². The molecule has 0 amide bonds. The molecular formula is C25H28F4N6O. The molecule has 3 atom stereocenters. The Bertz CT molecular complexity index is 1370. The predicted molar refractivity (Wildman–Crippen MR) is 128 cm³/mol. The van der Waals surface area contributed by atoms with E-state index >= 15 is 0 Å². The van der Waals surface area contributed by atoms with Crippen LogP contribution in [0.5, 0.6) is 0 Å². The van der Waals surface area contributed by atoms with Gasteiger partial charge in [-0.3, -0.25) is 14.4 Å². The maximum absolute atomic E-state index is 13.8. The van der Waals surface area contributed by atoms with Crippen LogP contribution in [0.1, 0.15) is 44.4 Å². The highest BCUT2D eigenvalue weighted by Gasteiger charge is 2.40. The van der Waals surface area contributed by atoms with Crippen LogP contribution in [0.15, 0.2) is 35.3 Å². The van der Waals surface area contributed by atoms with Crippen molar-refractivity contribution in [2.45, 2.75) is 58.0 Å². The molecule has 3 aromatic rings. The third-order valence-corrected chi connectivity index (χ3v) is 6.98. The van der Waals surface area contributed by atoms with E-state index in [-0.39, 0.29) is 29.8 Å². The van der Waals surface area contributed by atoms with Gasteiger partial charge in [-0.25, -0.2) is 4.39 Å². The summed E-state index contributed by atoms with van der Waals surface area (Å²) >= 11 is 0. The highest BCUT2D eigenvalue weighted by Crippen LogP contribution is 2.40. The summed E-state index contributed by atoms with van der Waals surface area (Å²) in [6.45, 7) is 6.64. The van der Waals surface area contributed by atoms with E-state index in [1.54, 1.807) is 13.2 Å². The number of hydrogen-bond acceptors (Lipinski definition) is 5. The number of rotatable bonds is 5. The van der Waals surface area contributed by atoms with Crippen molar-refractivity contribution in [3.05, 3.63) is 57.8 Å². The number of aromatic nitrogens is 3. The lowest BCUT2D eigenvalue weighted by molar-refractivity contribution is -0.139. The molecule has 0 bridgehead atoms. The minimum absolute atomic E-state index is 0.0411. The van der Waals surface area contributed by atoms with Crippen LogP contribution < -0.4 is 10.5 Å². The van der Waals surface area contributed by atoms with Crippen molar-refractivity contribution in [3.8, 4) is 6.07 Å². The molecule has 1 aliphatic rings. The summed E-state index contributed by atoms with van der Waals surface area (Å²) in [5.41, 5.74) is 0.712. The van der Waals surface area contributed by atoms with Crippen LogP contribution in [-0.2, 0) is 19.8 Å². The van der Waals surface area contributed by atoms with Crippen molar-refractivity contribution < 1.29 is 17.6 Å². The first kappa shape index (κ1) is 25.7. The number of nitrogens with zero attached hydrogens (tertiary/aromatic N) is 6. The number of benzene rings is 1. The average molecular weight is 505 g/mol. The number of halogens is 4. The number of fused-ring (bicyclic) bond motifs is 1. The second-order valence-corrected chi connectivity index (χ2v) is 9.35. The maximum Gasteiger partial charge on any atom is 0.416 e. The minimum Gasteiger partial charge on any atom is -0.364 e. The topological polar surface area (TPSA) is 70.1 Å². The summed E-state index contributed by atoms with van der Waals surface area (Å²) in [4.78, 5) is 16.8. The smallest absolute Gasteiger partial charge is 0.364 e. The molecule has 1 fully saturated rings. The van der Waals surface area contributed by atoms with Crippen molar-refractivity contribution in [2.75, 3.05) is 18.0 Å². The Hall–Kier alpha value is -3.39. The van der Waals surface area contributed by atoms with Crippen LogP contribution in [0.4, 0.5) is 23.2 Å². The van der Waals surface area contributed by atoms with Gasteiger partial charge in [0, 0.05) is 44.3 Å². The van der Waals surface area contributed by atoms with Gasteiger partial charge in [0.15, 0.2) is 0 Å². The molecule has 0 saturated carbocycles. The molecule has 0 N–H and O–H groups in total. The molecule has 0 radical (unpaired) electrons. The zero-order valence-electron chi connectivity index (χ0n) is 20.6. The Balaban J connectivity index is 1.71. The molecule has 2 aromatic heterocycles. The summed E-state index contributed by atoms with van der Waals surface area (Å²) in [6, 6.07) is 5.56.